The summed E-state index contributed by atoms with van der Waals surface area (Å²) in [5, 5.41) is 15.0. The summed E-state index contributed by atoms with van der Waals surface area (Å²) in [7, 11) is 0. The Morgan fingerprint density at radius 2 is 1.92 bits per heavy atom. The van der Waals surface area contributed by atoms with E-state index in [1.54, 1.807) is 6.07 Å². The standard InChI is InChI=1S/C20H26N2O3/c1-4-25-17-10-8-16(9-11-17)15(3)22-19-7-5-6-18(14(19)2)20(24)21-12-13-23/h5-11,15,22-23H,4,12-13H2,1-3H3,(H,21,24). The van der Waals surface area contributed by atoms with E-state index in [1.165, 1.54) is 0 Å². The molecule has 0 fully saturated rings. The topological polar surface area (TPSA) is 70.6 Å². The van der Waals surface area contributed by atoms with Crippen LogP contribution in [0, 0.1) is 6.92 Å². The lowest BCUT2D eigenvalue weighted by atomic mass is 10.0. The predicted octanol–water partition coefficient (Wildman–Crippen LogP) is 3.29. The third-order valence-corrected chi connectivity index (χ3v) is 4.04. The number of carbonyl (C=O) groups excluding carboxylic acids is 1. The molecule has 0 aromatic heterocycles. The third-order valence-electron chi connectivity index (χ3n) is 4.04. The molecule has 0 aliphatic carbocycles. The number of benzene rings is 2. The first-order valence-electron chi connectivity index (χ1n) is 8.54. The molecule has 0 spiro atoms. The molecule has 0 bridgehead atoms. The fourth-order valence-corrected chi connectivity index (χ4v) is 2.64. The summed E-state index contributed by atoms with van der Waals surface area (Å²) in [6, 6.07) is 13.7. The Morgan fingerprint density at radius 3 is 2.56 bits per heavy atom. The minimum Gasteiger partial charge on any atom is -0.494 e. The Balaban J connectivity index is 2.12. The fraction of sp³-hybridized carbons (Fsp3) is 0.350. The van der Waals surface area contributed by atoms with E-state index in [9.17, 15) is 4.79 Å². The molecule has 134 valence electrons. The van der Waals surface area contributed by atoms with E-state index in [4.69, 9.17) is 9.84 Å². The van der Waals surface area contributed by atoms with Crippen molar-refractivity contribution in [2.75, 3.05) is 25.1 Å². The second kappa shape index (κ2) is 9.08. The second-order valence-corrected chi connectivity index (χ2v) is 5.83. The molecule has 1 amide bonds. The number of aliphatic hydroxyl groups excluding tert-OH is 1. The van der Waals surface area contributed by atoms with Crippen LogP contribution < -0.4 is 15.4 Å². The average Bonchev–Trinajstić information content (AvgIpc) is 2.62. The minimum atomic E-state index is -0.177. The molecule has 0 saturated carbocycles. The number of hydrogen-bond donors (Lipinski definition) is 3. The number of amides is 1. The zero-order chi connectivity index (χ0) is 18.2. The highest BCUT2D eigenvalue weighted by molar-refractivity contribution is 5.97. The van der Waals surface area contributed by atoms with E-state index in [0.29, 0.717) is 12.2 Å². The molecule has 25 heavy (non-hydrogen) atoms. The molecule has 2 aromatic rings. The van der Waals surface area contributed by atoms with E-state index < -0.39 is 0 Å². The van der Waals surface area contributed by atoms with Crippen molar-refractivity contribution in [3.8, 4) is 5.75 Å². The number of carbonyl (C=O) groups is 1. The lowest BCUT2D eigenvalue weighted by Gasteiger charge is -2.19. The Labute approximate surface area is 149 Å². The maximum absolute atomic E-state index is 12.2. The van der Waals surface area contributed by atoms with Crippen molar-refractivity contribution < 1.29 is 14.6 Å². The minimum absolute atomic E-state index is 0.0719. The van der Waals surface area contributed by atoms with Crippen molar-refractivity contribution in [2.24, 2.45) is 0 Å². The molecule has 0 saturated heterocycles. The normalized spacial score (nSPS) is 11.7. The van der Waals surface area contributed by atoms with Crippen LogP contribution in [0.15, 0.2) is 42.5 Å². The molecule has 3 N–H and O–H groups in total. The number of rotatable bonds is 8. The van der Waals surface area contributed by atoms with Gasteiger partial charge in [-0.15, -0.1) is 0 Å². The van der Waals surface area contributed by atoms with Gasteiger partial charge in [0.25, 0.3) is 5.91 Å². The highest BCUT2D eigenvalue weighted by Crippen LogP contribution is 2.25. The van der Waals surface area contributed by atoms with Crippen LogP contribution in [0.3, 0.4) is 0 Å². The summed E-state index contributed by atoms with van der Waals surface area (Å²) in [6.07, 6.45) is 0. The first kappa shape index (κ1) is 18.8. The van der Waals surface area contributed by atoms with Gasteiger partial charge < -0.3 is 20.5 Å². The Bertz CT molecular complexity index is 699. The van der Waals surface area contributed by atoms with Crippen LogP contribution in [-0.2, 0) is 0 Å². The molecular weight excluding hydrogens is 316 g/mol. The summed E-state index contributed by atoms with van der Waals surface area (Å²) in [5.41, 5.74) is 3.55. The van der Waals surface area contributed by atoms with Crippen molar-refractivity contribution >= 4 is 11.6 Å². The van der Waals surface area contributed by atoms with Crippen molar-refractivity contribution in [1.29, 1.82) is 0 Å². The van der Waals surface area contributed by atoms with Crippen molar-refractivity contribution in [3.05, 3.63) is 59.2 Å². The van der Waals surface area contributed by atoms with Gasteiger partial charge in [-0.25, -0.2) is 0 Å². The zero-order valence-corrected chi connectivity index (χ0v) is 15.0. The largest absolute Gasteiger partial charge is 0.494 e. The highest BCUT2D eigenvalue weighted by Gasteiger charge is 2.13. The summed E-state index contributed by atoms with van der Waals surface area (Å²) in [5.74, 6) is 0.682. The van der Waals surface area contributed by atoms with E-state index in [-0.39, 0.29) is 25.1 Å². The molecule has 0 aliphatic rings. The third kappa shape index (κ3) is 4.97. The van der Waals surface area contributed by atoms with Crippen LogP contribution in [0.5, 0.6) is 5.75 Å². The van der Waals surface area contributed by atoms with Crippen LogP contribution in [-0.4, -0.2) is 30.8 Å². The molecule has 0 aliphatic heterocycles. The van der Waals surface area contributed by atoms with Gasteiger partial charge >= 0.3 is 0 Å². The predicted molar refractivity (Wildman–Crippen MR) is 100 cm³/mol. The van der Waals surface area contributed by atoms with E-state index in [0.717, 1.165) is 22.6 Å². The number of ether oxygens (including phenoxy) is 1. The monoisotopic (exact) mass is 342 g/mol. The molecule has 2 rings (SSSR count). The van der Waals surface area contributed by atoms with Gasteiger partial charge in [-0.1, -0.05) is 18.2 Å². The summed E-state index contributed by atoms with van der Waals surface area (Å²) >= 11 is 0. The molecule has 2 aromatic carbocycles. The molecule has 0 radical (unpaired) electrons. The first-order valence-corrected chi connectivity index (χ1v) is 8.54. The van der Waals surface area contributed by atoms with Crippen molar-refractivity contribution in [2.45, 2.75) is 26.8 Å². The maximum Gasteiger partial charge on any atom is 0.251 e. The highest BCUT2D eigenvalue weighted by atomic mass is 16.5. The summed E-state index contributed by atoms with van der Waals surface area (Å²) in [4.78, 5) is 12.2. The van der Waals surface area contributed by atoms with Gasteiger partial charge in [0.05, 0.1) is 13.2 Å². The number of anilines is 1. The lowest BCUT2D eigenvalue weighted by molar-refractivity contribution is 0.0944. The molecule has 5 nitrogen and oxygen atoms in total. The van der Waals surface area contributed by atoms with Crippen LogP contribution in [0.2, 0.25) is 0 Å². The fourth-order valence-electron chi connectivity index (χ4n) is 2.64. The van der Waals surface area contributed by atoms with Gasteiger partial charge in [0.2, 0.25) is 0 Å². The van der Waals surface area contributed by atoms with Gasteiger partial charge in [0, 0.05) is 23.8 Å². The van der Waals surface area contributed by atoms with Crippen LogP contribution in [0.1, 0.15) is 41.4 Å². The Hall–Kier alpha value is -2.53. The van der Waals surface area contributed by atoms with E-state index in [2.05, 4.69) is 17.6 Å². The molecule has 1 unspecified atom stereocenters. The molecule has 5 heteroatoms. The number of nitrogens with one attached hydrogen (secondary N) is 2. The van der Waals surface area contributed by atoms with Gasteiger partial charge in [-0.3, -0.25) is 4.79 Å². The van der Waals surface area contributed by atoms with E-state index >= 15 is 0 Å². The first-order chi connectivity index (χ1) is 12.1. The average molecular weight is 342 g/mol. The lowest BCUT2D eigenvalue weighted by Crippen LogP contribution is -2.27. The SMILES string of the molecule is CCOc1ccc(C(C)Nc2cccc(C(=O)NCCO)c2C)cc1. The Kier molecular flexibility index (Phi) is 6.83. The van der Waals surface area contributed by atoms with Crippen LogP contribution in [0.4, 0.5) is 5.69 Å². The zero-order valence-electron chi connectivity index (χ0n) is 15.0. The van der Waals surface area contributed by atoms with Crippen LogP contribution in [0.25, 0.3) is 0 Å². The number of aliphatic hydroxyl groups is 1. The second-order valence-electron chi connectivity index (χ2n) is 5.83. The van der Waals surface area contributed by atoms with Gasteiger partial charge in [-0.05, 0) is 56.2 Å². The van der Waals surface area contributed by atoms with E-state index in [1.807, 2.05) is 50.2 Å². The quantitative estimate of drug-likeness (QED) is 0.688. The molecular formula is C20H26N2O3. The van der Waals surface area contributed by atoms with Crippen LogP contribution >= 0.6 is 0 Å². The molecule has 1 atom stereocenters. The summed E-state index contributed by atoms with van der Waals surface area (Å²) in [6.45, 7) is 6.78. The molecule has 0 heterocycles. The maximum atomic E-state index is 12.2. The number of hydrogen-bond acceptors (Lipinski definition) is 4. The van der Waals surface area contributed by atoms with Crippen molar-refractivity contribution in [3.63, 3.8) is 0 Å². The van der Waals surface area contributed by atoms with Gasteiger partial charge in [-0.2, -0.15) is 0 Å². The summed E-state index contributed by atoms with van der Waals surface area (Å²) < 4.78 is 5.47. The van der Waals surface area contributed by atoms with Gasteiger partial charge in [0.1, 0.15) is 5.75 Å². The smallest absolute Gasteiger partial charge is 0.251 e. The van der Waals surface area contributed by atoms with Gasteiger partial charge in [0.15, 0.2) is 0 Å². The van der Waals surface area contributed by atoms with Crippen molar-refractivity contribution in [1.82, 2.24) is 5.32 Å². The Morgan fingerprint density at radius 1 is 1.20 bits per heavy atom.